The maximum Gasteiger partial charge on any atom is 0.243 e. The molecular formula is C26H29N3O3. The molecule has 0 saturated carbocycles. The molecule has 3 rings (SSSR count). The standard InChI is InChI=1S/C26H29N3O3/c1-2-3-5-13-25(30)28-21-9-8-10-22(18-21)29-26(31)19-27-20-14-16-24(17-15-20)32-23-11-6-4-7-12-23/h4,6-12,14-18,27H,2-3,5,13,19H2,1H3,(H,28,30)(H,29,31). The van der Waals surface area contributed by atoms with E-state index < -0.39 is 0 Å². The van der Waals surface area contributed by atoms with Crippen LogP contribution in [0.2, 0.25) is 0 Å². The monoisotopic (exact) mass is 431 g/mol. The smallest absolute Gasteiger partial charge is 0.243 e. The SMILES string of the molecule is CCCCCC(=O)Nc1cccc(NC(=O)CNc2ccc(Oc3ccccc3)cc2)c1. The van der Waals surface area contributed by atoms with Gasteiger partial charge in [-0.25, -0.2) is 0 Å². The second-order valence-corrected chi connectivity index (χ2v) is 7.43. The van der Waals surface area contributed by atoms with Crippen LogP contribution >= 0.6 is 0 Å². The van der Waals surface area contributed by atoms with E-state index in [-0.39, 0.29) is 18.4 Å². The Balaban J connectivity index is 1.45. The summed E-state index contributed by atoms with van der Waals surface area (Å²) in [5.41, 5.74) is 2.12. The molecule has 6 nitrogen and oxygen atoms in total. The summed E-state index contributed by atoms with van der Waals surface area (Å²) in [5, 5.41) is 8.82. The van der Waals surface area contributed by atoms with Crippen LogP contribution in [0, 0.1) is 0 Å². The Bertz CT molecular complexity index is 1000. The first-order valence-electron chi connectivity index (χ1n) is 10.9. The molecule has 0 aromatic heterocycles. The molecule has 6 heteroatoms. The molecule has 0 fully saturated rings. The van der Waals surface area contributed by atoms with Gasteiger partial charge in [-0.05, 0) is 61.0 Å². The highest BCUT2D eigenvalue weighted by Crippen LogP contribution is 2.22. The van der Waals surface area contributed by atoms with Crippen LogP contribution in [0.4, 0.5) is 17.1 Å². The third-order valence-corrected chi connectivity index (χ3v) is 4.72. The molecule has 3 aromatic rings. The summed E-state index contributed by atoms with van der Waals surface area (Å²) in [6.45, 7) is 2.22. The number of carbonyl (C=O) groups excluding carboxylic acids is 2. The lowest BCUT2D eigenvalue weighted by Gasteiger charge is -2.11. The molecule has 0 atom stereocenters. The van der Waals surface area contributed by atoms with Crippen molar-refractivity contribution in [3.8, 4) is 11.5 Å². The van der Waals surface area contributed by atoms with E-state index in [1.54, 1.807) is 18.2 Å². The average molecular weight is 432 g/mol. The Morgan fingerprint density at radius 1 is 0.719 bits per heavy atom. The first-order chi connectivity index (χ1) is 15.6. The van der Waals surface area contributed by atoms with Gasteiger partial charge in [0.1, 0.15) is 11.5 Å². The molecule has 0 spiro atoms. The minimum Gasteiger partial charge on any atom is -0.457 e. The van der Waals surface area contributed by atoms with Gasteiger partial charge in [0.15, 0.2) is 0 Å². The van der Waals surface area contributed by atoms with Crippen molar-refractivity contribution in [2.45, 2.75) is 32.6 Å². The van der Waals surface area contributed by atoms with Gasteiger partial charge in [-0.15, -0.1) is 0 Å². The zero-order valence-electron chi connectivity index (χ0n) is 18.3. The van der Waals surface area contributed by atoms with E-state index in [9.17, 15) is 9.59 Å². The number of hydrogen-bond acceptors (Lipinski definition) is 4. The number of carbonyl (C=O) groups is 2. The molecule has 3 N–H and O–H groups in total. The van der Waals surface area contributed by atoms with Gasteiger partial charge >= 0.3 is 0 Å². The number of unbranched alkanes of at least 4 members (excludes halogenated alkanes) is 2. The highest BCUT2D eigenvalue weighted by Gasteiger charge is 2.06. The van der Waals surface area contributed by atoms with Crippen molar-refractivity contribution >= 4 is 28.9 Å². The lowest BCUT2D eigenvalue weighted by molar-refractivity contribution is -0.116. The first-order valence-corrected chi connectivity index (χ1v) is 10.9. The van der Waals surface area contributed by atoms with Gasteiger partial charge in [0.25, 0.3) is 0 Å². The van der Waals surface area contributed by atoms with Crippen LogP contribution in [0.1, 0.15) is 32.6 Å². The predicted octanol–water partition coefficient (Wildman–Crippen LogP) is 6.05. The second kappa shape index (κ2) is 12.2. The first kappa shape index (κ1) is 22.9. The molecule has 0 aliphatic rings. The zero-order valence-corrected chi connectivity index (χ0v) is 18.3. The largest absolute Gasteiger partial charge is 0.457 e. The fraction of sp³-hybridized carbons (Fsp3) is 0.231. The predicted molar refractivity (Wildman–Crippen MR) is 129 cm³/mol. The summed E-state index contributed by atoms with van der Waals surface area (Å²) >= 11 is 0. The van der Waals surface area contributed by atoms with Gasteiger partial charge in [-0.2, -0.15) is 0 Å². The summed E-state index contributed by atoms with van der Waals surface area (Å²) in [6, 6.07) is 24.1. The van der Waals surface area contributed by atoms with Crippen LogP contribution in [-0.2, 0) is 9.59 Å². The van der Waals surface area contributed by atoms with Crippen molar-refractivity contribution in [3.63, 3.8) is 0 Å². The minimum absolute atomic E-state index is 0.0108. The Morgan fingerprint density at radius 2 is 1.38 bits per heavy atom. The summed E-state index contributed by atoms with van der Waals surface area (Å²) < 4.78 is 5.77. The number of nitrogens with one attached hydrogen (secondary N) is 3. The quantitative estimate of drug-likeness (QED) is 0.323. The number of benzene rings is 3. The number of ether oxygens (including phenoxy) is 1. The molecule has 2 amide bonds. The lowest BCUT2D eigenvalue weighted by atomic mass is 10.2. The van der Waals surface area contributed by atoms with E-state index in [2.05, 4.69) is 22.9 Å². The maximum absolute atomic E-state index is 12.3. The molecule has 166 valence electrons. The van der Waals surface area contributed by atoms with Gasteiger partial charge in [-0.1, -0.05) is 44.0 Å². The summed E-state index contributed by atoms with van der Waals surface area (Å²) in [4.78, 5) is 24.3. The summed E-state index contributed by atoms with van der Waals surface area (Å²) in [7, 11) is 0. The number of amides is 2. The molecule has 0 aliphatic carbocycles. The highest BCUT2D eigenvalue weighted by molar-refractivity contribution is 5.95. The summed E-state index contributed by atoms with van der Waals surface area (Å²) in [5.74, 6) is 1.30. The number of hydrogen-bond donors (Lipinski definition) is 3. The van der Waals surface area contributed by atoms with Crippen molar-refractivity contribution in [1.82, 2.24) is 0 Å². The number of rotatable bonds is 11. The maximum atomic E-state index is 12.3. The number of anilines is 3. The summed E-state index contributed by atoms with van der Waals surface area (Å²) in [6.07, 6.45) is 3.50. The molecule has 0 bridgehead atoms. The van der Waals surface area contributed by atoms with E-state index in [0.717, 1.165) is 36.4 Å². The van der Waals surface area contributed by atoms with Gasteiger partial charge in [0, 0.05) is 23.5 Å². The molecule has 0 radical (unpaired) electrons. The molecule has 0 aliphatic heterocycles. The van der Waals surface area contributed by atoms with E-state index in [1.165, 1.54) is 0 Å². The Labute approximate surface area is 189 Å². The Morgan fingerprint density at radius 3 is 2.06 bits per heavy atom. The lowest BCUT2D eigenvalue weighted by Crippen LogP contribution is -2.21. The molecule has 0 saturated heterocycles. The van der Waals surface area contributed by atoms with Crippen molar-refractivity contribution < 1.29 is 14.3 Å². The third kappa shape index (κ3) is 7.80. The van der Waals surface area contributed by atoms with Crippen LogP contribution in [-0.4, -0.2) is 18.4 Å². The molecule has 0 unspecified atom stereocenters. The fourth-order valence-electron chi connectivity index (χ4n) is 3.09. The van der Waals surface area contributed by atoms with Gasteiger partial charge < -0.3 is 20.7 Å². The second-order valence-electron chi connectivity index (χ2n) is 7.43. The molecule has 32 heavy (non-hydrogen) atoms. The van der Waals surface area contributed by atoms with Crippen molar-refractivity contribution in [2.24, 2.45) is 0 Å². The van der Waals surface area contributed by atoms with Crippen molar-refractivity contribution in [1.29, 1.82) is 0 Å². The Kier molecular flexibility index (Phi) is 8.69. The van der Waals surface area contributed by atoms with Crippen LogP contribution in [0.15, 0.2) is 78.9 Å². The number of para-hydroxylation sites is 1. The fourth-order valence-corrected chi connectivity index (χ4v) is 3.09. The molecule has 0 heterocycles. The van der Waals surface area contributed by atoms with Crippen LogP contribution in [0.5, 0.6) is 11.5 Å². The van der Waals surface area contributed by atoms with Gasteiger partial charge in [0.05, 0.1) is 6.54 Å². The van der Waals surface area contributed by atoms with Gasteiger partial charge in [-0.3, -0.25) is 9.59 Å². The highest BCUT2D eigenvalue weighted by atomic mass is 16.5. The average Bonchev–Trinajstić information content (AvgIpc) is 2.80. The normalized spacial score (nSPS) is 10.3. The minimum atomic E-state index is -0.180. The zero-order chi connectivity index (χ0) is 22.6. The van der Waals surface area contributed by atoms with Gasteiger partial charge in [0.2, 0.25) is 11.8 Å². The van der Waals surface area contributed by atoms with E-state index in [4.69, 9.17) is 4.74 Å². The van der Waals surface area contributed by atoms with E-state index in [1.807, 2.05) is 60.7 Å². The molecule has 3 aromatic carbocycles. The van der Waals surface area contributed by atoms with Crippen LogP contribution in [0.25, 0.3) is 0 Å². The van der Waals surface area contributed by atoms with Crippen molar-refractivity contribution in [3.05, 3.63) is 78.9 Å². The van der Waals surface area contributed by atoms with Crippen molar-refractivity contribution in [2.75, 3.05) is 22.5 Å². The van der Waals surface area contributed by atoms with E-state index in [0.29, 0.717) is 17.8 Å². The van der Waals surface area contributed by atoms with Crippen LogP contribution < -0.4 is 20.7 Å². The molecular weight excluding hydrogens is 402 g/mol. The third-order valence-electron chi connectivity index (χ3n) is 4.72. The Hall–Kier alpha value is -3.80. The topological polar surface area (TPSA) is 79.5 Å². The van der Waals surface area contributed by atoms with Crippen LogP contribution in [0.3, 0.4) is 0 Å². The van der Waals surface area contributed by atoms with E-state index >= 15 is 0 Å².